The van der Waals surface area contributed by atoms with Crippen LogP contribution in [0, 0.1) is 11.3 Å². The molecule has 5 nitrogen and oxygen atoms in total. The Morgan fingerprint density at radius 2 is 1.62 bits per heavy atom. The number of aromatic nitrogens is 1. The van der Waals surface area contributed by atoms with Crippen molar-refractivity contribution >= 4 is 17.4 Å². The first-order chi connectivity index (χ1) is 12.7. The number of hydrogen-bond acceptors (Lipinski definition) is 3. The lowest BCUT2D eigenvalue weighted by molar-refractivity contribution is -0.684. The number of benzene rings is 2. The zero-order chi connectivity index (χ0) is 18.4. The summed E-state index contributed by atoms with van der Waals surface area (Å²) in [6.07, 6.45) is 3.39. The number of nitrogens with zero attached hydrogens (tertiary/aromatic N) is 2. The van der Waals surface area contributed by atoms with Crippen molar-refractivity contribution in [3.05, 3.63) is 95.8 Å². The third kappa shape index (κ3) is 4.19. The Bertz CT molecular complexity index is 974. The van der Waals surface area contributed by atoms with Crippen molar-refractivity contribution in [2.75, 3.05) is 5.32 Å². The Morgan fingerprint density at radius 1 is 0.923 bits per heavy atom. The molecule has 0 fully saturated rings. The van der Waals surface area contributed by atoms with Gasteiger partial charge in [0.05, 0.1) is 11.6 Å². The van der Waals surface area contributed by atoms with Gasteiger partial charge in [0.25, 0.3) is 5.91 Å². The molecule has 0 aliphatic heterocycles. The first-order valence-electron chi connectivity index (χ1n) is 8.04. The molecule has 1 heterocycles. The molecule has 0 bridgehead atoms. The van der Waals surface area contributed by atoms with Crippen LogP contribution in [0.2, 0.25) is 0 Å². The molecule has 2 aromatic carbocycles. The summed E-state index contributed by atoms with van der Waals surface area (Å²) in [4.78, 5) is 24.5. The molecule has 0 spiro atoms. The van der Waals surface area contributed by atoms with Crippen molar-refractivity contribution in [3.63, 3.8) is 0 Å². The Hall–Kier alpha value is -3.78. The maximum absolute atomic E-state index is 12.4. The monoisotopic (exact) mass is 342 g/mol. The van der Waals surface area contributed by atoms with Crippen LogP contribution in [-0.4, -0.2) is 11.7 Å². The summed E-state index contributed by atoms with van der Waals surface area (Å²) >= 11 is 0. The SMILES string of the molecule is N#Cc1cccc(NC(=O)C[n+]2ccc(C(=O)c3ccccc3)cc2)c1. The lowest BCUT2D eigenvalue weighted by Crippen LogP contribution is -2.39. The van der Waals surface area contributed by atoms with Crippen molar-refractivity contribution in [1.29, 1.82) is 5.26 Å². The van der Waals surface area contributed by atoms with Crippen LogP contribution in [0.1, 0.15) is 21.5 Å². The first kappa shape index (κ1) is 17.1. The molecular weight excluding hydrogens is 326 g/mol. The predicted octanol–water partition coefficient (Wildman–Crippen LogP) is 2.72. The van der Waals surface area contributed by atoms with Crippen LogP contribution in [-0.2, 0) is 11.3 Å². The van der Waals surface area contributed by atoms with Gasteiger partial charge in [-0.2, -0.15) is 9.83 Å². The van der Waals surface area contributed by atoms with Crippen molar-refractivity contribution in [2.45, 2.75) is 6.54 Å². The summed E-state index contributed by atoms with van der Waals surface area (Å²) in [5, 5.41) is 11.6. The predicted molar refractivity (Wildman–Crippen MR) is 96.3 cm³/mol. The van der Waals surface area contributed by atoms with E-state index < -0.39 is 0 Å². The maximum atomic E-state index is 12.4. The minimum Gasteiger partial charge on any atom is -0.321 e. The fourth-order valence-electron chi connectivity index (χ4n) is 2.50. The Labute approximate surface area is 151 Å². The van der Waals surface area contributed by atoms with E-state index in [0.717, 1.165) is 0 Å². The van der Waals surface area contributed by atoms with Gasteiger partial charge in [-0.25, -0.2) is 0 Å². The molecule has 126 valence electrons. The molecule has 3 aromatic rings. The molecule has 1 N–H and O–H groups in total. The second-order valence-corrected chi connectivity index (χ2v) is 5.70. The van der Waals surface area contributed by atoms with Crippen LogP contribution in [0.4, 0.5) is 5.69 Å². The number of carbonyl (C=O) groups is 2. The number of rotatable bonds is 5. The highest BCUT2D eigenvalue weighted by atomic mass is 16.2. The van der Waals surface area contributed by atoms with E-state index in [1.165, 1.54) is 0 Å². The molecule has 0 radical (unpaired) electrons. The molecule has 3 rings (SSSR count). The zero-order valence-corrected chi connectivity index (χ0v) is 13.9. The standard InChI is InChI=1S/C21H15N3O2/c22-14-16-5-4-8-19(13-16)23-20(25)15-24-11-9-18(10-12-24)21(26)17-6-2-1-3-7-17/h1-13H,15H2/p+1. The quantitative estimate of drug-likeness (QED) is 0.572. The Morgan fingerprint density at radius 3 is 2.31 bits per heavy atom. The molecule has 0 saturated heterocycles. The van der Waals surface area contributed by atoms with E-state index in [2.05, 4.69) is 5.32 Å². The van der Waals surface area contributed by atoms with E-state index in [1.54, 1.807) is 65.5 Å². The minimum atomic E-state index is -0.216. The van der Waals surface area contributed by atoms with E-state index in [9.17, 15) is 9.59 Å². The largest absolute Gasteiger partial charge is 0.321 e. The van der Waals surface area contributed by atoms with Crippen molar-refractivity contribution < 1.29 is 14.2 Å². The molecule has 5 heteroatoms. The third-order valence-corrected chi connectivity index (χ3v) is 3.79. The summed E-state index contributed by atoms with van der Waals surface area (Å²) in [7, 11) is 0. The lowest BCUT2D eigenvalue weighted by Gasteiger charge is -2.04. The highest BCUT2D eigenvalue weighted by Gasteiger charge is 2.13. The van der Waals surface area contributed by atoms with E-state index in [4.69, 9.17) is 5.26 Å². The average Bonchev–Trinajstić information content (AvgIpc) is 2.69. The zero-order valence-electron chi connectivity index (χ0n) is 13.9. The molecule has 0 aliphatic carbocycles. The summed E-state index contributed by atoms with van der Waals surface area (Å²) in [6.45, 7) is 0.108. The van der Waals surface area contributed by atoms with Gasteiger partial charge in [-0.15, -0.1) is 0 Å². The van der Waals surface area contributed by atoms with Crippen LogP contribution in [0.3, 0.4) is 0 Å². The number of ketones is 1. The summed E-state index contributed by atoms with van der Waals surface area (Å²) in [6, 6.07) is 21.2. The van der Waals surface area contributed by atoms with Crippen LogP contribution < -0.4 is 9.88 Å². The van der Waals surface area contributed by atoms with Gasteiger partial charge in [0.15, 0.2) is 18.2 Å². The second kappa shape index (κ2) is 7.86. The fourth-order valence-corrected chi connectivity index (χ4v) is 2.50. The van der Waals surface area contributed by atoms with Gasteiger partial charge in [0, 0.05) is 28.9 Å². The van der Waals surface area contributed by atoms with Crippen LogP contribution in [0.15, 0.2) is 79.1 Å². The van der Waals surface area contributed by atoms with E-state index >= 15 is 0 Å². The molecule has 0 saturated carbocycles. The minimum absolute atomic E-state index is 0.0597. The van der Waals surface area contributed by atoms with E-state index in [1.807, 2.05) is 24.3 Å². The van der Waals surface area contributed by atoms with E-state index in [-0.39, 0.29) is 18.2 Å². The molecule has 0 atom stereocenters. The highest BCUT2D eigenvalue weighted by molar-refractivity contribution is 6.08. The molecule has 1 amide bonds. The topological polar surface area (TPSA) is 73.8 Å². The molecular formula is C21H16N3O2+. The lowest BCUT2D eigenvalue weighted by atomic mass is 10.0. The van der Waals surface area contributed by atoms with Gasteiger partial charge in [-0.3, -0.25) is 9.59 Å². The van der Waals surface area contributed by atoms with Crippen LogP contribution in [0.5, 0.6) is 0 Å². The number of amides is 1. The Balaban J connectivity index is 1.64. The molecule has 0 aliphatic rings. The van der Waals surface area contributed by atoms with Gasteiger partial charge in [0.2, 0.25) is 6.54 Å². The molecule has 26 heavy (non-hydrogen) atoms. The average molecular weight is 342 g/mol. The van der Waals surface area contributed by atoms with Gasteiger partial charge < -0.3 is 5.32 Å². The van der Waals surface area contributed by atoms with Gasteiger partial charge >= 0.3 is 0 Å². The second-order valence-electron chi connectivity index (χ2n) is 5.70. The third-order valence-electron chi connectivity index (χ3n) is 3.79. The number of anilines is 1. The highest BCUT2D eigenvalue weighted by Crippen LogP contribution is 2.10. The number of hydrogen-bond donors (Lipinski definition) is 1. The van der Waals surface area contributed by atoms with E-state index in [0.29, 0.717) is 22.4 Å². The first-order valence-corrected chi connectivity index (χ1v) is 8.04. The van der Waals surface area contributed by atoms with Gasteiger partial charge in [-0.05, 0) is 18.2 Å². The van der Waals surface area contributed by atoms with Crippen LogP contribution in [0.25, 0.3) is 0 Å². The maximum Gasteiger partial charge on any atom is 0.290 e. The molecule has 0 unspecified atom stereocenters. The number of pyridine rings is 1. The number of carbonyl (C=O) groups excluding carboxylic acids is 2. The summed E-state index contributed by atoms with van der Waals surface area (Å²) in [5.74, 6) is -0.275. The van der Waals surface area contributed by atoms with Crippen molar-refractivity contribution in [2.24, 2.45) is 0 Å². The van der Waals surface area contributed by atoms with Crippen LogP contribution >= 0.6 is 0 Å². The number of nitriles is 1. The van der Waals surface area contributed by atoms with Gasteiger partial charge in [0.1, 0.15) is 0 Å². The fraction of sp³-hybridized carbons (Fsp3) is 0.0476. The normalized spacial score (nSPS) is 9.96. The number of nitrogens with one attached hydrogen (secondary N) is 1. The Kier molecular flexibility index (Phi) is 5.16. The molecule has 1 aromatic heterocycles. The van der Waals surface area contributed by atoms with Gasteiger partial charge in [-0.1, -0.05) is 36.4 Å². The summed E-state index contributed by atoms with van der Waals surface area (Å²) in [5.41, 5.74) is 2.25. The smallest absolute Gasteiger partial charge is 0.290 e. The van der Waals surface area contributed by atoms with Crippen molar-refractivity contribution in [1.82, 2.24) is 0 Å². The summed E-state index contributed by atoms with van der Waals surface area (Å²) < 4.78 is 1.69. The van der Waals surface area contributed by atoms with Crippen molar-refractivity contribution in [3.8, 4) is 6.07 Å².